The summed E-state index contributed by atoms with van der Waals surface area (Å²) in [5.41, 5.74) is 2.75. The molecule has 0 atom stereocenters. The minimum Gasteiger partial charge on any atom is -0.368 e. The second kappa shape index (κ2) is 10.2. The standard InChI is InChI=1S/C23H32N4O3S/c1-4-5-18-6-9-20(10-7-18)31(29,30)26-19-8-11-22(27-14-12-24-13-15-27)21(16-19)23(28)25-17(2)3/h6-11,16-17,24,26H,4-5,12-15H2,1-3H3,(H,25,28). The van der Waals surface area contributed by atoms with Crippen LogP contribution in [0.25, 0.3) is 0 Å². The van der Waals surface area contributed by atoms with Gasteiger partial charge in [0.2, 0.25) is 0 Å². The fraction of sp³-hybridized carbons (Fsp3) is 0.435. The zero-order valence-corrected chi connectivity index (χ0v) is 19.3. The van der Waals surface area contributed by atoms with Crippen LogP contribution in [0.1, 0.15) is 43.1 Å². The van der Waals surface area contributed by atoms with Crippen molar-refractivity contribution in [2.24, 2.45) is 0 Å². The van der Waals surface area contributed by atoms with Gasteiger partial charge in [0, 0.05) is 43.6 Å². The highest BCUT2D eigenvalue weighted by atomic mass is 32.2. The van der Waals surface area contributed by atoms with Crippen LogP contribution in [0, 0.1) is 0 Å². The summed E-state index contributed by atoms with van der Waals surface area (Å²) in [5, 5.41) is 6.22. The molecule has 0 saturated carbocycles. The van der Waals surface area contributed by atoms with Gasteiger partial charge in [-0.3, -0.25) is 9.52 Å². The summed E-state index contributed by atoms with van der Waals surface area (Å²) >= 11 is 0. The molecule has 0 aromatic heterocycles. The van der Waals surface area contributed by atoms with Crippen molar-refractivity contribution >= 4 is 27.3 Å². The molecule has 1 fully saturated rings. The lowest BCUT2D eigenvalue weighted by Crippen LogP contribution is -2.44. The van der Waals surface area contributed by atoms with Gasteiger partial charge in [-0.15, -0.1) is 0 Å². The Morgan fingerprint density at radius 3 is 2.39 bits per heavy atom. The number of piperazine rings is 1. The van der Waals surface area contributed by atoms with Crippen molar-refractivity contribution in [1.82, 2.24) is 10.6 Å². The number of benzene rings is 2. The molecule has 1 saturated heterocycles. The summed E-state index contributed by atoms with van der Waals surface area (Å²) < 4.78 is 28.4. The van der Waals surface area contributed by atoms with E-state index in [2.05, 4.69) is 27.2 Å². The first-order valence-corrected chi connectivity index (χ1v) is 12.3. The van der Waals surface area contributed by atoms with Gasteiger partial charge in [-0.25, -0.2) is 8.42 Å². The van der Waals surface area contributed by atoms with Gasteiger partial charge in [0.05, 0.1) is 10.5 Å². The van der Waals surface area contributed by atoms with Crippen LogP contribution in [0.4, 0.5) is 11.4 Å². The Labute approximate surface area is 185 Å². The van der Waals surface area contributed by atoms with Crippen LogP contribution in [0.2, 0.25) is 0 Å². The third-order valence-corrected chi connectivity index (χ3v) is 6.54. The van der Waals surface area contributed by atoms with Gasteiger partial charge in [-0.1, -0.05) is 25.5 Å². The van der Waals surface area contributed by atoms with Gasteiger partial charge >= 0.3 is 0 Å². The smallest absolute Gasteiger partial charge is 0.261 e. The molecule has 3 N–H and O–H groups in total. The summed E-state index contributed by atoms with van der Waals surface area (Å²) in [6.45, 7) is 9.15. The predicted molar refractivity (Wildman–Crippen MR) is 125 cm³/mol. The molecule has 0 bridgehead atoms. The Morgan fingerprint density at radius 2 is 1.77 bits per heavy atom. The fourth-order valence-electron chi connectivity index (χ4n) is 3.64. The van der Waals surface area contributed by atoms with Crippen LogP contribution in [0.5, 0.6) is 0 Å². The summed E-state index contributed by atoms with van der Waals surface area (Å²) in [5.74, 6) is -0.214. The van der Waals surface area contributed by atoms with E-state index in [-0.39, 0.29) is 16.8 Å². The Hall–Kier alpha value is -2.58. The normalized spacial score (nSPS) is 14.5. The summed E-state index contributed by atoms with van der Waals surface area (Å²) in [4.78, 5) is 15.2. The van der Waals surface area contributed by atoms with Crippen molar-refractivity contribution in [2.45, 2.75) is 44.6 Å². The molecule has 1 amide bonds. The van der Waals surface area contributed by atoms with E-state index < -0.39 is 10.0 Å². The predicted octanol–water partition coefficient (Wildman–Crippen LogP) is 2.99. The number of carbonyl (C=O) groups is 1. The molecule has 0 aliphatic carbocycles. The third kappa shape index (κ3) is 5.98. The molecule has 7 nitrogen and oxygen atoms in total. The van der Waals surface area contributed by atoms with Gasteiger partial charge in [-0.05, 0) is 56.2 Å². The fourth-order valence-corrected chi connectivity index (χ4v) is 4.69. The van der Waals surface area contributed by atoms with Crippen LogP contribution in [0.15, 0.2) is 47.4 Å². The minimum absolute atomic E-state index is 0.0228. The maximum atomic E-state index is 12.9. The molecule has 2 aromatic carbocycles. The van der Waals surface area contributed by atoms with Crippen molar-refractivity contribution in [3.63, 3.8) is 0 Å². The van der Waals surface area contributed by atoms with E-state index in [1.54, 1.807) is 24.3 Å². The molecule has 31 heavy (non-hydrogen) atoms. The van der Waals surface area contributed by atoms with Crippen LogP contribution in [0.3, 0.4) is 0 Å². The maximum Gasteiger partial charge on any atom is 0.261 e. The van der Waals surface area contributed by atoms with Gasteiger partial charge in [0.1, 0.15) is 0 Å². The van der Waals surface area contributed by atoms with Gasteiger partial charge in [-0.2, -0.15) is 0 Å². The van der Waals surface area contributed by atoms with Gasteiger partial charge < -0.3 is 15.5 Å². The van der Waals surface area contributed by atoms with E-state index in [1.165, 1.54) is 0 Å². The topological polar surface area (TPSA) is 90.5 Å². The Balaban J connectivity index is 1.89. The lowest BCUT2D eigenvalue weighted by Gasteiger charge is -2.31. The van der Waals surface area contributed by atoms with E-state index in [9.17, 15) is 13.2 Å². The average molecular weight is 445 g/mol. The van der Waals surface area contributed by atoms with Crippen molar-refractivity contribution < 1.29 is 13.2 Å². The molecule has 8 heteroatoms. The van der Waals surface area contributed by atoms with E-state index in [1.807, 2.05) is 32.0 Å². The molecule has 168 valence electrons. The molecule has 1 aliphatic rings. The lowest BCUT2D eigenvalue weighted by molar-refractivity contribution is 0.0943. The molecule has 2 aromatic rings. The number of anilines is 2. The number of hydrogen-bond acceptors (Lipinski definition) is 5. The zero-order chi connectivity index (χ0) is 22.4. The van der Waals surface area contributed by atoms with Gasteiger partial charge in [0.25, 0.3) is 15.9 Å². The molecular weight excluding hydrogens is 412 g/mol. The Kier molecular flexibility index (Phi) is 7.56. The van der Waals surface area contributed by atoms with E-state index >= 15 is 0 Å². The molecule has 3 rings (SSSR count). The van der Waals surface area contributed by atoms with Crippen LogP contribution >= 0.6 is 0 Å². The molecular formula is C23H32N4O3S. The summed E-state index contributed by atoms with van der Waals surface area (Å²) in [6, 6.07) is 12.1. The van der Waals surface area contributed by atoms with Crippen molar-refractivity contribution in [1.29, 1.82) is 0 Å². The number of carbonyl (C=O) groups excluding carboxylic acids is 1. The van der Waals surface area contributed by atoms with Crippen LogP contribution in [-0.4, -0.2) is 46.5 Å². The maximum absolute atomic E-state index is 12.9. The average Bonchev–Trinajstić information content (AvgIpc) is 2.74. The van der Waals surface area contributed by atoms with Crippen molar-refractivity contribution in [2.75, 3.05) is 35.8 Å². The second-order valence-corrected chi connectivity index (χ2v) is 9.78. The first-order chi connectivity index (χ1) is 14.8. The number of hydrogen-bond donors (Lipinski definition) is 3. The summed E-state index contributed by atoms with van der Waals surface area (Å²) in [6.07, 6.45) is 1.92. The minimum atomic E-state index is -3.75. The van der Waals surface area contributed by atoms with E-state index in [0.717, 1.165) is 50.3 Å². The molecule has 0 spiro atoms. The number of nitrogens with zero attached hydrogens (tertiary/aromatic N) is 1. The lowest BCUT2D eigenvalue weighted by atomic mass is 10.1. The highest BCUT2D eigenvalue weighted by molar-refractivity contribution is 7.92. The highest BCUT2D eigenvalue weighted by Gasteiger charge is 2.21. The van der Waals surface area contributed by atoms with E-state index in [4.69, 9.17) is 0 Å². The first kappa shape index (κ1) is 23.1. The number of sulfonamides is 1. The highest BCUT2D eigenvalue weighted by Crippen LogP contribution is 2.27. The quantitative estimate of drug-likeness (QED) is 0.582. The third-order valence-electron chi connectivity index (χ3n) is 5.14. The Bertz CT molecular complexity index is 998. The van der Waals surface area contributed by atoms with Crippen LogP contribution < -0.4 is 20.3 Å². The number of aryl methyl sites for hydroxylation is 1. The van der Waals surface area contributed by atoms with Crippen LogP contribution in [-0.2, 0) is 16.4 Å². The largest absolute Gasteiger partial charge is 0.368 e. The SMILES string of the molecule is CCCc1ccc(S(=O)(=O)Nc2ccc(N3CCNCC3)c(C(=O)NC(C)C)c2)cc1. The monoisotopic (exact) mass is 444 g/mol. The van der Waals surface area contributed by atoms with Crippen molar-refractivity contribution in [3.05, 3.63) is 53.6 Å². The molecule has 1 aliphatic heterocycles. The zero-order valence-electron chi connectivity index (χ0n) is 18.4. The number of rotatable bonds is 8. The van der Waals surface area contributed by atoms with E-state index in [0.29, 0.717) is 11.3 Å². The first-order valence-electron chi connectivity index (χ1n) is 10.8. The molecule has 1 heterocycles. The molecule has 0 unspecified atom stereocenters. The summed E-state index contributed by atoms with van der Waals surface area (Å²) in [7, 11) is -3.75. The second-order valence-electron chi connectivity index (χ2n) is 8.10. The number of nitrogens with one attached hydrogen (secondary N) is 3. The van der Waals surface area contributed by atoms with Crippen molar-refractivity contribution in [3.8, 4) is 0 Å². The van der Waals surface area contributed by atoms with Gasteiger partial charge in [0.15, 0.2) is 0 Å². The molecule has 0 radical (unpaired) electrons. The Morgan fingerprint density at radius 1 is 1.10 bits per heavy atom. The number of amides is 1.